The predicted molar refractivity (Wildman–Crippen MR) is 129 cm³/mol. The van der Waals surface area contributed by atoms with E-state index in [4.69, 9.17) is 9.47 Å². The fraction of sp³-hybridized carbons (Fsp3) is 0.417. The average molecular weight is 485 g/mol. The van der Waals surface area contributed by atoms with Crippen molar-refractivity contribution in [3.05, 3.63) is 52.1 Å². The molecule has 3 aromatic rings. The number of hydrogen-bond donors (Lipinski definition) is 1. The summed E-state index contributed by atoms with van der Waals surface area (Å²) < 4.78 is 38.4. The van der Waals surface area contributed by atoms with Crippen LogP contribution in [-0.2, 0) is 23.0 Å². The zero-order valence-electron chi connectivity index (χ0n) is 19.3. The van der Waals surface area contributed by atoms with Gasteiger partial charge in [-0.3, -0.25) is 4.79 Å². The molecular formula is C24H28N4O5S. The lowest BCUT2D eigenvalue weighted by Crippen LogP contribution is -2.35. The van der Waals surface area contributed by atoms with Crippen LogP contribution in [0.2, 0.25) is 0 Å². The van der Waals surface area contributed by atoms with Gasteiger partial charge in [-0.25, -0.2) is 13.4 Å². The number of rotatable bonds is 6. The molecule has 10 heteroatoms. The number of nitrogens with zero attached hydrogens (tertiary/aromatic N) is 3. The molecule has 34 heavy (non-hydrogen) atoms. The van der Waals surface area contributed by atoms with Gasteiger partial charge in [0, 0.05) is 31.4 Å². The lowest BCUT2D eigenvalue weighted by Gasteiger charge is -2.26. The SMILES string of the molecule is COc1cc2nc(CN3CCc4cc(S(=O)(=O)N5CCCCC5)ccc43)[nH]c(=O)c2cc1OC. The third kappa shape index (κ3) is 4.01. The van der Waals surface area contributed by atoms with Crippen molar-refractivity contribution in [2.24, 2.45) is 0 Å². The zero-order valence-corrected chi connectivity index (χ0v) is 20.2. The molecule has 1 N–H and O–H groups in total. The highest BCUT2D eigenvalue weighted by molar-refractivity contribution is 7.89. The average Bonchev–Trinajstić information content (AvgIpc) is 3.25. The number of benzene rings is 2. The van der Waals surface area contributed by atoms with Gasteiger partial charge < -0.3 is 19.4 Å². The topological polar surface area (TPSA) is 105 Å². The van der Waals surface area contributed by atoms with E-state index in [-0.39, 0.29) is 5.56 Å². The van der Waals surface area contributed by atoms with Gasteiger partial charge in [-0.15, -0.1) is 0 Å². The van der Waals surface area contributed by atoms with Crippen LogP contribution >= 0.6 is 0 Å². The molecule has 0 unspecified atom stereocenters. The molecule has 0 radical (unpaired) electrons. The lowest BCUT2D eigenvalue weighted by atomic mass is 10.2. The first-order chi connectivity index (χ1) is 16.4. The molecule has 0 bridgehead atoms. The summed E-state index contributed by atoms with van der Waals surface area (Å²) in [4.78, 5) is 22.7. The first-order valence-corrected chi connectivity index (χ1v) is 12.9. The molecule has 9 nitrogen and oxygen atoms in total. The Balaban J connectivity index is 1.41. The summed E-state index contributed by atoms with van der Waals surface area (Å²) in [5.74, 6) is 1.51. The molecule has 1 saturated heterocycles. The van der Waals surface area contributed by atoms with E-state index >= 15 is 0 Å². The molecule has 0 spiro atoms. The molecule has 0 aliphatic carbocycles. The summed E-state index contributed by atoms with van der Waals surface area (Å²) in [6, 6.07) is 8.68. The standard InChI is InChI=1S/C24H28N4O5S/c1-32-21-13-18-19(14-22(21)33-2)25-23(26-24(18)29)15-27-11-8-16-12-17(6-7-20(16)27)34(30,31)28-9-4-3-5-10-28/h6-7,12-14H,3-5,8-11,15H2,1-2H3,(H,25,26,29). The minimum Gasteiger partial charge on any atom is -0.493 e. The molecule has 180 valence electrons. The van der Waals surface area contributed by atoms with Crippen molar-refractivity contribution >= 4 is 26.6 Å². The fourth-order valence-electron chi connectivity index (χ4n) is 4.80. The summed E-state index contributed by atoms with van der Waals surface area (Å²) in [5.41, 5.74) is 2.24. The highest BCUT2D eigenvalue weighted by Gasteiger charge is 2.28. The molecule has 0 amide bonds. The van der Waals surface area contributed by atoms with Crippen LogP contribution in [0.5, 0.6) is 11.5 Å². The van der Waals surface area contributed by atoms with E-state index in [9.17, 15) is 13.2 Å². The van der Waals surface area contributed by atoms with E-state index in [1.807, 2.05) is 6.07 Å². The van der Waals surface area contributed by atoms with Crippen molar-refractivity contribution in [3.63, 3.8) is 0 Å². The Morgan fingerprint density at radius 2 is 1.74 bits per heavy atom. The van der Waals surface area contributed by atoms with Gasteiger partial charge in [-0.05, 0) is 49.1 Å². The zero-order chi connectivity index (χ0) is 23.9. The van der Waals surface area contributed by atoms with E-state index in [1.54, 1.807) is 35.7 Å². The summed E-state index contributed by atoms with van der Waals surface area (Å²) in [7, 11) is -0.408. The van der Waals surface area contributed by atoms with Crippen LogP contribution in [0.25, 0.3) is 10.9 Å². The number of aromatic amines is 1. The Morgan fingerprint density at radius 1 is 1.00 bits per heavy atom. The van der Waals surface area contributed by atoms with Gasteiger partial charge in [0.25, 0.3) is 5.56 Å². The number of H-pyrrole nitrogens is 1. The van der Waals surface area contributed by atoms with Crippen LogP contribution in [-0.4, -0.2) is 56.5 Å². The maximum absolute atomic E-state index is 13.1. The highest BCUT2D eigenvalue weighted by atomic mass is 32.2. The monoisotopic (exact) mass is 484 g/mol. The fourth-order valence-corrected chi connectivity index (χ4v) is 6.36. The molecule has 5 rings (SSSR count). The third-order valence-electron chi connectivity index (χ3n) is 6.60. The Labute approximate surface area is 198 Å². The molecule has 2 aliphatic rings. The van der Waals surface area contributed by atoms with Gasteiger partial charge in [0.2, 0.25) is 10.0 Å². The van der Waals surface area contributed by atoms with Crippen molar-refractivity contribution in [2.45, 2.75) is 37.1 Å². The number of nitrogens with one attached hydrogen (secondary N) is 1. The minimum atomic E-state index is -3.47. The van der Waals surface area contributed by atoms with Crippen molar-refractivity contribution in [2.75, 3.05) is 38.8 Å². The van der Waals surface area contributed by atoms with E-state index in [0.29, 0.717) is 52.8 Å². The van der Waals surface area contributed by atoms with Gasteiger partial charge in [0.15, 0.2) is 11.5 Å². The van der Waals surface area contributed by atoms with Crippen molar-refractivity contribution < 1.29 is 17.9 Å². The van der Waals surface area contributed by atoms with Gasteiger partial charge in [0.1, 0.15) is 5.82 Å². The number of ether oxygens (including phenoxy) is 2. The smallest absolute Gasteiger partial charge is 0.258 e. The third-order valence-corrected chi connectivity index (χ3v) is 8.49. The summed E-state index contributed by atoms with van der Waals surface area (Å²) >= 11 is 0. The summed E-state index contributed by atoms with van der Waals surface area (Å²) in [5, 5.41) is 0.427. The normalized spacial score (nSPS) is 16.6. The van der Waals surface area contributed by atoms with Crippen LogP contribution in [0.3, 0.4) is 0 Å². The van der Waals surface area contributed by atoms with Crippen LogP contribution in [0.1, 0.15) is 30.7 Å². The number of anilines is 1. The van der Waals surface area contributed by atoms with Crippen molar-refractivity contribution in [3.8, 4) is 11.5 Å². The highest BCUT2D eigenvalue weighted by Crippen LogP contribution is 2.33. The first-order valence-electron chi connectivity index (χ1n) is 11.4. The molecule has 1 aromatic heterocycles. The number of aromatic nitrogens is 2. The molecule has 0 saturated carbocycles. The van der Waals surface area contributed by atoms with Crippen molar-refractivity contribution in [1.82, 2.24) is 14.3 Å². The van der Waals surface area contributed by atoms with E-state index in [0.717, 1.165) is 43.5 Å². The maximum Gasteiger partial charge on any atom is 0.258 e. The van der Waals surface area contributed by atoms with E-state index in [1.165, 1.54) is 7.11 Å². The van der Waals surface area contributed by atoms with Crippen molar-refractivity contribution in [1.29, 1.82) is 0 Å². The number of piperidine rings is 1. The van der Waals surface area contributed by atoms with Gasteiger partial charge in [-0.1, -0.05) is 6.42 Å². The Hall–Kier alpha value is -3.11. The van der Waals surface area contributed by atoms with E-state index in [2.05, 4.69) is 14.9 Å². The summed E-state index contributed by atoms with van der Waals surface area (Å²) in [6.45, 7) is 2.30. The van der Waals surface area contributed by atoms with Gasteiger partial charge >= 0.3 is 0 Å². The number of sulfonamides is 1. The Kier molecular flexibility index (Phi) is 5.95. The maximum atomic E-state index is 13.1. The second-order valence-corrected chi connectivity index (χ2v) is 10.6. The minimum absolute atomic E-state index is 0.247. The quantitative estimate of drug-likeness (QED) is 0.574. The first kappa shape index (κ1) is 22.7. The molecule has 0 atom stereocenters. The Morgan fingerprint density at radius 3 is 2.47 bits per heavy atom. The molecular weight excluding hydrogens is 456 g/mol. The molecule has 2 aromatic carbocycles. The van der Waals surface area contributed by atoms with Gasteiger partial charge in [-0.2, -0.15) is 4.31 Å². The Bertz CT molecular complexity index is 1400. The number of fused-ring (bicyclic) bond motifs is 2. The van der Waals surface area contributed by atoms with Crippen LogP contribution in [0.4, 0.5) is 5.69 Å². The second-order valence-electron chi connectivity index (χ2n) is 8.66. The van der Waals surface area contributed by atoms with E-state index < -0.39 is 10.0 Å². The molecule has 3 heterocycles. The molecule has 2 aliphatic heterocycles. The van der Waals surface area contributed by atoms with Crippen LogP contribution < -0.4 is 19.9 Å². The summed E-state index contributed by atoms with van der Waals surface area (Å²) in [6.07, 6.45) is 3.64. The van der Waals surface area contributed by atoms with Crippen LogP contribution in [0.15, 0.2) is 40.0 Å². The molecule has 1 fully saturated rings. The number of hydrogen-bond acceptors (Lipinski definition) is 7. The second kappa shape index (κ2) is 8.92. The van der Waals surface area contributed by atoms with Gasteiger partial charge in [0.05, 0.1) is 36.6 Å². The number of methoxy groups -OCH3 is 2. The predicted octanol–water partition coefficient (Wildman–Crippen LogP) is 2.68. The lowest BCUT2D eigenvalue weighted by molar-refractivity contribution is 0.346. The van der Waals surface area contributed by atoms with Crippen LogP contribution in [0, 0.1) is 0 Å². The largest absolute Gasteiger partial charge is 0.493 e.